The molecule has 0 amide bonds. The number of nitrogens with zero attached hydrogens (tertiary/aromatic N) is 4. The molecule has 1 aromatic rings. The topological polar surface area (TPSA) is 82.7 Å². The van der Waals surface area contributed by atoms with Crippen LogP contribution in [0.4, 0.5) is 11.5 Å². The van der Waals surface area contributed by atoms with Gasteiger partial charge in [-0.15, -0.1) is 0 Å². The molecule has 21 heavy (non-hydrogen) atoms. The zero-order chi connectivity index (χ0) is 15.2. The molecule has 1 N–H and O–H groups in total. The third kappa shape index (κ3) is 4.37. The number of piperidine rings is 1. The molecule has 1 aliphatic rings. The van der Waals surface area contributed by atoms with E-state index in [1.165, 1.54) is 6.07 Å². The first kappa shape index (κ1) is 15.7. The second-order valence-corrected chi connectivity index (χ2v) is 5.55. The number of aliphatic hydroxyl groups excluding tert-OH is 1. The Labute approximate surface area is 124 Å². The molecule has 0 radical (unpaired) electrons. The largest absolute Gasteiger partial charge is 0.395 e. The highest BCUT2D eigenvalue weighted by molar-refractivity contribution is 5.46. The molecule has 0 unspecified atom stereocenters. The third-order valence-corrected chi connectivity index (χ3v) is 3.95. The highest BCUT2D eigenvalue weighted by Gasteiger charge is 2.21. The molecule has 0 saturated carbocycles. The highest BCUT2D eigenvalue weighted by atomic mass is 16.6. The van der Waals surface area contributed by atoms with Crippen molar-refractivity contribution in [3.63, 3.8) is 0 Å². The third-order valence-electron chi connectivity index (χ3n) is 3.95. The minimum Gasteiger partial charge on any atom is -0.395 e. The lowest BCUT2D eigenvalue weighted by atomic mass is 9.96. The fourth-order valence-corrected chi connectivity index (χ4v) is 2.75. The summed E-state index contributed by atoms with van der Waals surface area (Å²) in [5.74, 6) is 0.531. The Hall–Kier alpha value is -1.73. The van der Waals surface area contributed by atoms with Crippen molar-refractivity contribution in [2.24, 2.45) is 5.92 Å². The van der Waals surface area contributed by atoms with Gasteiger partial charge in [-0.2, -0.15) is 0 Å². The summed E-state index contributed by atoms with van der Waals surface area (Å²) in [5, 5.41) is 19.5. The Bertz CT molecular complexity index is 458. The van der Waals surface area contributed by atoms with E-state index < -0.39 is 4.92 Å². The number of rotatable bonds is 6. The van der Waals surface area contributed by atoms with Crippen molar-refractivity contribution in [2.45, 2.75) is 12.8 Å². The van der Waals surface area contributed by atoms with Gasteiger partial charge in [-0.05, 0) is 41.8 Å². The number of hydrogen-bond donors (Lipinski definition) is 1. The number of pyridine rings is 1. The summed E-state index contributed by atoms with van der Waals surface area (Å²) in [7, 11) is 2.03. The molecule has 0 atom stereocenters. The van der Waals surface area contributed by atoms with Crippen LogP contribution in [0, 0.1) is 16.0 Å². The van der Waals surface area contributed by atoms with Gasteiger partial charge in [-0.1, -0.05) is 0 Å². The standard InChI is InChI=1S/C14H22N4O3/c1-16(8-9-19)11-12-4-6-17(7-5-12)13-2-3-14(15-10-13)18(20)21/h2-3,10,12,19H,4-9,11H2,1H3. The van der Waals surface area contributed by atoms with Crippen molar-refractivity contribution in [3.8, 4) is 0 Å². The van der Waals surface area contributed by atoms with Crippen LogP contribution in [0.25, 0.3) is 0 Å². The van der Waals surface area contributed by atoms with Crippen molar-refractivity contribution in [1.82, 2.24) is 9.88 Å². The fraction of sp³-hybridized carbons (Fsp3) is 0.643. The first-order valence-electron chi connectivity index (χ1n) is 7.25. The van der Waals surface area contributed by atoms with Crippen molar-refractivity contribution < 1.29 is 10.0 Å². The van der Waals surface area contributed by atoms with Crippen LogP contribution in [-0.2, 0) is 0 Å². The zero-order valence-electron chi connectivity index (χ0n) is 12.3. The number of likely N-dealkylation sites (N-methyl/N-ethyl adjacent to an activating group) is 1. The van der Waals surface area contributed by atoms with Gasteiger partial charge < -0.3 is 25.0 Å². The van der Waals surface area contributed by atoms with E-state index in [0.717, 1.165) is 38.2 Å². The van der Waals surface area contributed by atoms with Crippen LogP contribution in [0.15, 0.2) is 18.3 Å². The van der Waals surface area contributed by atoms with Crippen LogP contribution < -0.4 is 4.90 Å². The molecule has 1 aliphatic heterocycles. The van der Waals surface area contributed by atoms with E-state index in [1.54, 1.807) is 12.3 Å². The number of aliphatic hydroxyl groups is 1. The number of anilines is 1. The number of aromatic nitrogens is 1. The smallest absolute Gasteiger partial charge is 0.363 e. The first-order valence-corrected chi connectivity index (χ1v) is 7.25. The van der Waals surface area contributed by atoms with Crippen LogP contribution >= 0.6 is 0 Å². The average Bonchev–Trinajstić information content (AvgIpc) is 2.48. The van der Waals surface area contributed by atoms with Crippen LogP contribution in [0.3, 0.4) is 0 Å². The molecule has 1 fully saturated rings. The molecule has 7 heteroatoms. The summed E-state index contributed by atoms with van der Waals surface area (Å²) in [5.41, 5.74) is 0.947. The highest BCUT2D eigenvalue weighted by Crippen LogP contribution is 2.24. The molecular formula is C14H22N4O3. The van der Waals surface area contributed by atoms with Gasteiger partial charge >= 0.3 is 5.82 Å². The Morgan fingerprint density at radius 1 is 1.48 bits per heavy atom. The lowest BCUT2D eigenvalue weighted by Gasteiger charge is -2.34. The monoisotopic (exact) mass is 294 g/mol. The maximum Gasteiger partial charge on any atom is 0.363 e. The molecule has 1 saturated heterocycles. The van der Waals surface area contributed by atoms with E-state index in [2.05, 4.69) is 14.8 Å². The van der Waals surface area contributed by atoms with E-state index >= 15 is 0 Å². The van der Waals surface area contributed by atoms with Gasteiger partial charge in [0, 0.05) is 32.2 Å². The van der Waals surface area contributed by atoms with E-state index in [9.17, 15) is 10.1 Å². The van der Waals surface area contributed by atoms with Crippen molar-refractivity contribution in [1.29, 1.82) is 0 Å². The second-order valence-electron chi connectivity index (χ2n) is 5.55. The molecule has 0 aromatic carbocycles. The summed E-state index contributed by atoms with van der Waals surface area (Å²) in [4.78, 5) is 18.4. The van der Waals surface area contributed by atoms with Gasteiger partial charge in [0.05, 0.1) is 12.3 Å². The molecule has 7 nitrogen and oxygen atoms in total. The summed E-state index contributed by atoms with van der Waals surface area (Å²) in [6.45, 7) is 3.80. The molecule has 0 spiro atoms. The van der Waals surface area contributed by atoms with Gasteiger partial charge in [0.15, 0.2) is 6.20 Å². The van der Waals surface area contributed by atoms with Crippen molar-refractivity contribution >= 4 is 11.5 Å². The van der Waals surface area contributed by atoms with Crippen LogP contribution in [0.2, 0.25) is 0 Å². The summed E-state index contributed by atoms with van der Waals surface area (Å²) in [6, 6.07) is 3.22. The Balaban J connectivity index is 1.84. The van der Waals surface area contributed by atoms with E-state index in [1.807, 2.05) is 7.05 Å². The lowest BCUT2D eigenvalue weighted by Crippen LogP contribution is -2.38. The first-order chi connectivity index (χ1) is 10.1. The second kappa shape index (κ2) is 7.33. The molecular weight excluding hydrogens is 272 g/mol. The lowest BCUT2D eigenvalue weighted by molar-refractivity contribution is -0.389. The Kier molecular flexibility index (Phi) is 5.46. The van der Waals surface area contributed by atoms with E-state index in [-0.39, 0.29) is 12.4 Å². The molecule has 0 bridgehead atoms. The Morgan fingerprint density at radius 2 is 2.19 bits per heavy atom. The summed E-state index contributed by atoms with van der Waals surface area (Å²) in [6.07, 6.45) is 3.76. The molecule has 2 rings (SSSR count). The van der Waals surface area contributed by atoms with Crippen LogP contribution in [0.1, 0.15) is 12.8 Å². The number of nitro groups is 1. The summed E-state index contributed by atoms with van der Waals surface area (Å²) < 4.78 is 0. The molecule has 1 aromatic heterocycles. The fourth-order valence-electron chi connectivity index (χ4n) is 2.75. The minimum absolute atomic E-state index is 0.112. The normalized spacial score (nSPS) is 16.4. The number of hydrogen-bond acceptors (Lipinski definition) is 6. The average molecular weight is 294 g/mol. The molecule has 0 aliphatic carbocycles. The van der Waals surface area contributed by atoms with Gasteiger partial charge in [0.1, 0.15) is 0 Å². The maximum atomic E-state index is 10.6. The molecule has 116 valence electrons. The Morgan fingerprint density at radius 3 is 2.71 bits per heavy atom. The SMILES string of the molecule is CN(CCO)CC1CCN(c2ccc([N+](=O)[O-])nc2)CC1. The van der Waals surface area contributed by atoms with Crippen molar-refractivity contribution in [2.75, 3.05) is 44.7 Å². The van der Waals surface area contributed by atoms with Crippen molar-refractivity contribution in [3.05, 3.63) is 28.4 Å². The van der Waals surface area contributed by atoms with Crippen LogP contribution in [0.5, 0.6) is 0 Å². The van der Waals surface area contributed by atoms with Crippen LogP contribution in [-0.4, -0.2) is 59.7 Å². The van der Waals surface area contributed by atoms with Gasteiger partial charge in [-0.3, -0.25) is 0 Å². The maximum absolute atomic E-state index is 10.6. The molecule has 2 heterocycles. The van der Waals surface area contributed by atoms with E-state index in [0.29, 0.717) is 12.5 Å². The zero-order valence-corrected chi connectivity index (χ0v) is 12.3. The summed E-state index contributed by atoms with van der Waals surface area (Å²) >= 11 is 0. The van der Waals surface area contributed by atoms with Gasteiger partial charge in [0.25, 0.3) is 0 Å². The predicted octanol–water partition coefficient (Wildman–Crippen LogP) is 1.13. The predicted molar refractivity (Wildman–Crippen MR) is 80.4 cm³/mol. The minimum atomic E-state index is -0.479. The quantitative estimate of drug-likeness (QED) is 0.625. The van der Waals surface area contributed by atoms with Gasteiger partial charge in [-0.25, -0.2) is 0 Å². The van der Waals surface area contributed by atoms with E-state index in [4.69, 9.17) is 5.11 Å². The van der Waals surface area contributed by atoms with Gasteiger partial charge in [0.2, 0.25) is 0 Å².